The van der Waals surface area contributed by atoms with Crippen molar-refractivity contribution >= 4 is 0 Å². The number of aromatic nitrogens is 2. The zero-order valence-corrected chi connectivity index (χ0v) is 9.91. The van der Waals surface area contributed by atoms with E-state index in [0.717, 1.165) is 17.9 Å². The van der Waals surface area contributed by atoms with Crippen LogP contribution in [0.5, 0.6) is 5.75 Å². The summed E-state index contributed by atoms with van der Waals surface area (Å²) in [4.78, 5) is 0. The Morgan fingerprint density at radius 1 is 1.35 bits per heavy atom. The summed E-state index contributed by atoms with van der Waals surface area (Å²) in [5, 5.41) is 4.19. The molecule has 0 saturated carbocycles. The van der Waals surface area contributed by atoms with Crippen LogP contribution in [0.4, 0.5) is 0 Å². The molecular formula is C13H17N3O. The van der Waals surface area contributed by atoms with Gasteiger partial charge in [-0.15, -0.1) is 0 Å². The molecule has 2 N–H and O–H groups in total. The number of rotatable bonds is 5. The first kappa shape index (κ1) is 11.7. The lowest BCUT2D eigenvalue weighted by atomic mass is 10.2. The summed E-state index contributed by atoms with van der Waals surface area (Å²) in [6.07, 6.45) is 3.75. The fourth-order valence-electron chi connectivity index (χ4n) is 1.54. The molecule has 1 atom stereocenters. The minimum Gasteiger partial charge on any atom is -0.492 e. The highest BCUT2D eigenvalue weighted by Gasteiger charge is 2.09. The second-order valence-corrected chi connectivity index (χ2v) is 3.86. The average molecular weight is 231 g/mol. The van der Waals surface area contributed by atoms with Crippen LogP contribution in [0.3, 0.4) is 0 Å². The van der Waals surface area contributed by atoms with E-state index in [9.17, 15) is 0 Å². The van der Waals surface area contributed by atoms with E-state index in [4.69, 9.17) is 10.5 Å². The highest BCUT2D eigenvalue weighted by atomic mass is 16.5. The molecule has 0 radical (unpaired) electrons. The Bertz CT molecular complexity index is 453. The first-order chi connectivity index (χ1) is 8.29. The van der Waals surface area contributed by atoms with Crippen LogP contribution < -0.4 is 10.5 Å². The number of aryl methyl sites for hydroxylation is 1. The van der Waals surface area contributed by atoms with E-state index in [1.54, 1.807) is 6.20 Å². The van der Waals surface area contributed by atoms with E-state index >= 15 is 0 Å². The smallest absolute Gasteiger partial charge is 0.119 e. The van der Waals surface area contributed by atoms with Gasteiger partial charge in [0, 0.05) is 18.3 Å². The SMILES string of the molecule is CCn1cc(C(N)COc2ccccc2)cn1. The molecule has 1 heterocycles. The third-order valence-corrected chi connectivity index (χ3v) is 2.58. The average Bonchev–Trinajstić information content (AvgIpc) is 2.86. The zero-order chi connectivity index (χ0) is 12.1. The Kier molecular flexibility index (Phi) is 3.77. The zero-order valence-electron chi connectivity index (χ0n) is 9.91. The fourth-order valence-corrected chi connectivity index (χ4v) is 1.54. The molecule has 0 aliphatic carbocycles. The topological polar surface area (TPSA) is 53.1 Å². The molecule has 0 bridgehead atoms. The molecule has 2 rings (SSSR count). The second kappa shape index (κ2) is 5.50. The van der Waals surface area contributed by atoms with Gasteiger partial charge in [-0.05, 0) is 19.1 Å². The first-order valence-electron chi connectivity index (χ1n) is 5.75. The predicted octanol–water partition coefficient (Wildman–Crippen LogP) is 1.98. The Morgan fingerprint density at radius 2 is 2.12 bits per heavy atom. The van der Waals surface area contributed by atoms with E-state index in [1.807, 2.05) is 48.1 Å². The summed E-state index contributed by atoms with van der Waals surface area (Å²) >= 11 is 0. The minimum absolute atomic E-state index is 0.143. The van der Waals surface area contributed by atoms with Gasteiger partial charge in [-0.25, -0.2) is 0 Å². The van der Waals surface area contributed by atoms with Crippen molar-refractivity contribution in [3.05, 3.63) is 48.3 Å². The van der Waals surface area contributed by atoms with Gasteiger partial charge in [0.05, 0.1) is 12.2 Å². The van der Waals surface area contributed by atoms with Crippen LogP contribution in [0.2, 0.25) is 0 Å². The van der Waals surface area contributed by atoms with E-state index in [0.29, 0.717) is 6.61 Å². The van der Waals surface area contributed by atoms with Crippen molar-refractivity contribution in [2.75, 3.05) is 6.61 Å². The maximum atomic E-state index is 6.03. The number of ether oxygens (including phenoxy) is 1. The monoisotopic (exact) mass is 231 g/mol. The lowest BCUT2D eigenvalue weighted by Gasteiger charge is -2.11. The number of nitrogens with zero attached hydrogens (tertiary/aromatic N) is 2. The van der Waals surface area contributed by atoms with Gasteiger partial charge in [-0.2, -0.15) is 5.10 Å². The predicted molar refractivity (Wildman–Crippen MR) is 66.8 cm³/mol. The lowest BCUT2D eigenvalue weighted by molar-refractivity contribution is 0.290. The quantitative estimate of drug-likeness (QED) is 0.856. The Labute approximate surface area is 101 Å². The Morgan fingerprint density at radius 3 is 2.76 bits per heavy atom. The number of hydrogen-bond donors (Lipinski definition) is 1. The van der Waals surface area contributed by atoms with Gasteiger partial charge < -0.3 is 10.5 Å². The van der Waals surface area contributed by atoms with Gasteiger partial charge in [0.2, 0.25) is 0 Å². The van der Waals surface area contributed by atoms with Crippen molar-refractivity contribution in [1.82, 2.24) is 9.78 Å². The summed E-state index contributed by atoms with van der Waals surface area (Å²) < 4.78 is 7.46. The molecule has 90 valence electrons. The highest BCUT2D eigenvalue weighted by molar-refractivity contribution is 5.21. The molecule has 17 heavy (non-hydrogen) atoms. The Hall–Kier alpha value is -1.81. The molecule has 4 heteroatoms. The lowest BCUT2D eigenvalue weighted by Crippen LogP contribution is -2.18. The molecule has 1 aromatic carbocycles. The molecule has 0 amide bonds. The van der Waals surface area contributed by atoms with Crippen LogP contribution in [0.25, 0.3) is 0 Å². The van der Waals surface area contributed by atoms with E-state index in [2.05, 4.69) is 5.10 Å². The number of nitrogens with two attached hydrogens (primary N) is 1. The van der Waals surface area contributed by atoms with Gasteiger partial charge in [0.25, 0.3) is 0 Å². The molecular weight excluding hydrogens is 214 g/mol. The molecule has 4 nitrogen and oxygen atoms in total. The van der Waals surface area contributed by atoms with Crippen LogP contribution in [-0.4, -0.2) is 16.4 Å². The first-order valence-corrected chi connectivity index (χ1v) is 5.75. The minimum atomic E-state index is -0.143. The normalized spacial score (nSPS) is 12.4. The van der Waals surface area contributed by atoms with Gasteiger partial charge >= 0.3 is 0 Å². The number of hydrogen-bond acceptors (Lipinski definition) is 3. The van der Waals surface area contributed by atoms with Crippen molar-refractivity contribution in [3.63, 3.8) is 0 Å². The van der Waals surface area contributed by atoms with Crippen LogP contribution in [-0.2, 0) is 6.54 Å². The summed E-state index contributed by atoms with van der Waals surface area (Å²) in [6, 6.07) is 9.53. The maximum Gasteiger partial charge on any atom is 0.119 e. The van der Waals surface area contributed by atoms with E-state index in [-0.39, 0.29) is 6.04 Å². The van der Waals surface area contributed by atoms with Crippen molar-refractivity contribution < 1.29 is 4.74 Å². The summed E-state index contributed by atoms with van der Waals surface area (Å²) in [7, 11) is 0. The van der Waals surface area contributed by atoms with Crippen molar-refractivity contribution in [2.45, 2.75) is 19.5 Å². The second-order valence-electron chi connectivity index (χ2n) is 3.86. The molecule has 2 aromatic rings. The van der Waals surface area contributed by atoms with Crippen LogP contribution in [0, 0.1) is 0 Å². The van der Waals surface area contributed by atoms with Crippen molar-refractivity contribution in [3.8, 4) is 5.75 Å². The van der Waals surface area contributed by atoms with Gasteiger partial charge in [0.15, 0.2) is 0 Å². The standard InChI is InChI=1S/C13H17N3O/c1-2-16-9-11(8-15-16)13(14)10-17-12-6-4-3-5-7-12/h3-9,13H,2,10,14H2,1H3. The van der Waals surface area contributed by atoms with Crippen molar-refractivity contribution in [1.29, 1.82) is 0 Å². The highest BCUT2D eigenvalue weighted by Crippen LogP contribution is 2.13. The van der Waals surface area contributed by atoms with Gasteiger partial charge in [-0.3, -0.25) is 4.68 Å². The number of benzene rings is 1. The molecule has 0 aliphatic heterocycles. The summed E-state index contributed by atoms with van der Waals surface area (Å²) in [5.74, 6) is 0.839. The molecule has 0 saturated heterocycles. The number of para-hydroxylation sites is 1. The van der Waals surface area contributed by atoms with Gasteiger partial charge in [0.1, 0.15) is 12.4 Å². The van der Waals surface area contributed by atoms with Crippen LogP contribution >= 0.6 is 0 Å². The van der Waals surface area contributed by atoms with Crippen LogP contribution in [0.15, 0.2) is 42.7 Å². The fraction of sp³-hybridized carbons (Fsp3) is 0.308. The maximum absolute atomic E-state index is 6.03. The third-order valence-electron chi connectivity index (χ3n) is 2.58. The molecule has 1 unspecified atom stereocenters. The molecule has 0 fully saturated rings. The largest absolute Gasteiger partial charge is 0.492 e. The van der Waals surface area contributed by atoms with Gasteiger partial charge in [-0.1, -0.05) is 18.2 Å². The molecule has 1 aromatic heterocycles. The van der Waals surface area contributed by atoms with E-state index in [1.165, 1.54) is 0 Å². The van der Waals surface area contributed by atoms with Crippen LogP contribution in [0.1, 0.15) is 18.5 Å². The van der Waals surface area contributed by atoms with Crippen molar-refractivity contribution in [2.24, 2.45) is 5.73 Å². The molecule has 0 spiro atoms. The Balaban J connectivity index is 1.91. The third kappa shape index (κ3) is 3.07. The summed E-state index contributed by atoms with van der Waals surface area (Å²) in [5.41, 5.74) is 7.04. The summed E-state index contributed by atoms with van der Waals surface area (Å²) in [6.45, 7) is 3.36. The van der Waals surface area contributed by atoms with E-state index < -0.39 is 0 Å². The molecule has 0 aliphatic rings.